The Morgan fingerprint density at radius 2 is 1.14 bits per heavy atom. The van der Waals surface area contributed by atoms with Gasteiger partial charge in [0, 0.05) is 45.7 Å². The molecule has 0 amide bonds. The summed E-state index contributed by atoms with van der Waals surface area (Å²) in [7, 11) is 0. The lowest BCUT2D eigenvalue weighted by Gasteiger charge is -1.96. The average molecular weight is 369 g/mol. The van der Waals surface area contributed by atoms with Gasteiger partial charge in [0.15, 0.2) is 0 Å². The quantitative estimate of drug-likeness (QED) is 0.453. The summed E-state index contributed by atoms with van der Waals surface area (Å²) in [4.78, 5) is 0. The Morgan fingerprint density at radius 3 is 1.38 bits per heavy atom. The van der Waals surface area contributed by atoms with Gasteiger partial charge < -0.3 is 0 Å². The van der Waals surface area contributed by atoms with E-state index in [1.54, 1.807) is 12.1 Å². The monoisotopic (exact) mass is 368 g/mol. The maximum atomic E-state index is 12.5. The number of hydrogen-bond donors (Lipinski definition) is 0. The van der Waals surface area contributed by atoms with Crippen LogP contribution in [0.3, 0.4) is 0 Å². The van der Waals surface area contributed by atoms with E-state index >= 15 is 0 Å². The van der Waals surface area contributed by atoms with E-state index in [1.165, 1.54) is 6.07 Å². The van der Waals surface area contributed by atoms with Crippen molar-refractivity contribution >= 4 is 11.6 Å². The van der Waals surface area contributed by atoms with E-state index in [2.05, 4.69) is 0 Å². The van der Waals surface area contributed by atoms with Crippen LogP contribution in [0.2, 0.25) is 5.02 Å². The molecule has 0 spiro atoms. The van der Waals surface area contributed by atoms with Crippen molar-refractivity contribution in [3.63, 3.8) is 0 Å². The van der Waals surface area contributed by atoms with Crippen LogP contribution in [0, 0.1) is 5.82 Å². The molecule has 0 unspecified atom stereocenters. The Hall–Kier alpha value is -1.33. The predicted octanol–water partition coefficient (Wildman–Crippen LogP) is 7.40. The van der Waals surface area contributed by atoms with E-state index in [0.29, 0.717) is 0 Å². The second kappa shape index (κ2) is 42.8. The zero-order valence-corrected chi connectivity index (χ0v) is 10.6. The lowest BCUT2D eigenvalue weighted by atomic mass is 10.2. The first-order chi connectivity index (χ1) is 9.74. The van der Waals surface area contributed by atoms with E-state index in [4.69, 9.17) is 57.3 Å². The maximum Gasteiger partial charge on any atom is 0.141 e. The first-order valence-corrected chi connectivity index (χ1v) is 4.27. The highest BCUT2D eigenvalue weighted by Crippen LogP contribution is 2.15. The van der Waals surface area contributed by atoms with Crippen molar-refractivity contribution in [2.24, 2.45) is 0 Å². The van der Waals surface area contributed by atoms with Gasteiger partial charge in [-0.1, -0.05) is 24.6 Å². The Bertz CT molecular complexity index is 249. The van der Waals surface area contributed by atoms with Gasteiger partial charge in [0.05, 0.1) is 5.02 Å². The minimum Gasteiger partial charge on any atom is -0.269 e. The molecule has 0 nitrogen and oxygen atoms in total. The Balaban J connectivity index is -0.0000000440. The molecule has 0 aliphatic heterocycles. The summed E-state index contributed by atoms with van der Waals surface area (Å²) in [5.41, 5.74) is 1.06. The maximum absolute atomic E-state index is 12.5. The van der Waals surface area contributed by atoms with Crippen LogP contribution in [0.5, 0.6) is 0 Å². The van der Waals surface area contributed by atoms with Gasteiger partial charge in [-0.25, -0.2) is 4.39 Å². The second-order valence-corrected chi connectivity index (χ2v) is 2.51. The molecule has 1 aromatic rings. The fourth-order valence-electron chi connectivity index (χ4n) is 0.760. The van der Waals surface area contributed by atoms with Gasteiger partial charge in [0.2, 0.25) is 0 Å². The van der Waals surface area contributed by atoms with Gasteiger partial charge in [-0.3, -0.25) is 4.70 Å². The summed E-state index contributed by atoms with van der Waals surface area (Å²) in [5.74, 6) is -0.348. The van der Waals surface area contributed by atoms with Crippen molar-refractivity contribution in [1.82, 2.24) is 0 Å². The summed E-state index contributed by atoms with van der Waals surface area (Å²) < 4.78 is 92.5. The van der Waals surface area contributed by atoms with Gasteiger partial charge in [0.25, 0.3) is 0 Å². The number of benzene rings is 1. The fraction of sp³-hybridized carbons (Fsp3) is 0.250. The highest BCUT2D eigenvalue weighted by molar-refractivity contribution is 6.30. The van der Waals surface area contributed by atoms with Crippen molar-refractivity contribution in [3.05, 3.63) is 34.6 Å². The van der Waals surface area contributed by atoms with Crippen LogP contribution in [0.4, 0.5) is 54.8 Å². The predicted molar refractivity (Wildman–Crippen MR) is 54.4 cm³/mol. The molecule has 0 saturated carbocycles. The Labute approximate surface area is 115 Å². The first-order valence-electron chi connectivity index (χ1n) is 3.89. The number of halogens is 13. The number of rotatable bonds is 1. The first kappa shape index (κ1) is 36.7. The largest absolute Gasteiger partial charge is 0.269 e. The smallest absolute Gasteiger partial charge is 0.141 e. The van der Waals surface area contributed by atoms with Gasteiger partial charge in [-0.2, -0.15) is 0 Å². The zero-order valence-electron chi connectivity index (χ0n) is 9.88. The highest BCUT2D eigenvalue weighted by Gasteiger charge is 1.97. The second-order valence-electron chi connectivity index (χ2n) is 2.10. The molecule has 0 radical (unpaired) electrons. The van der Waals surface area contributed by atoms with Crippen LogP contribution in [0.15, 0.2) is 18.2 Å². The van der Waals surface area contributed by atoms with Crippen LogP contribution in [0.25, 0.3) is 0 Å². The molecule has 1 rings (SSSR count). The van der Waals surface area contributed by atoms with E-state index in [0.717, 1.165) is 12.0 Å². The molecule has 0 fully saturated rings. The van der Waals surface area contributed by atoms with Crippen LogP contribution in [0.1, 0.15) is 12.5 Å². The molecular formula is C8H9ClF12. The standard InChI is InChI=1S/C8H8ClF.5F2.FH/c1-2-6-3-4-8(10)7(9)5-6;5*1-2;/h3-5H,2H2,1H3;;;;;;1H. The number of aryl methyl sites for hydroxylation is 1. The molecule has 0 heterocycles. The molecule has 0 N–H and O–H groups in total. The summed E-state index contributed by atoms with van der Waals surface area (Å²) in [6.45, 7) is 2.00. The van der Waals surface area contributed by atoms with Gasteiger partial charge in [0.1, 0.15) is 5.82 Å². The minimum absolute atomic E-state index is 0. The van der Waals surface area contributed by atoms with E-state index in [9.17, 15) is 4.39 Å². The van der Waals surface area contributed by atoms with Crippen molar-refractivity contribution in [2.45, 2.75) is 13.3 Å². The van der Waals surface area contributed by atoms with Crippen molar-refractivity contribution < 1.29 is 54.8 Å². The summed E-state index contributed by atoms with van der Waals surface area (Å²) >= 11 is 5.52. The van der Waals surface area contributed by atoms with E-state index in [-0.39, 0.29) is 15.5 Å². The molecular weight excluding hydrogens is 360 g/mol. The van der Waals surface area contributed by atoms with Crippen molar-refractivity contribution in [3.8, 4) is 0 Å². The summed E-state index contributed by atoms with van der Waals surface area (Å²) in [6, 6.07) is 4.78. The topological polar surface area (TPSA) is 0 Å². The molecule has 0 atom stereocenters. The van der Waals surface area contributed by atoms with Crippen molar-refractivity contribution in [1.29, 1.82) is 0 Å². The van der Waals surface area contributed by atoms with Crippen LogP contribution < -0.4 is 0 Å². The average Bonchev–Trinajstić information content (AvgIpc) is 2.59. The van der Waals surface area contributed by atoms with Gasteiger partial charge in [-0.15, -0.1) is 0 Å². The van der Waals surface area contributed by atoms with Crippen LogP contribution >= 0.6 is 11.6 Å². The summed E-state index contributed by atoms with van der Waals surface area (Å²) in [5, 5.41) is 0.208. The zero-order chi connectivity index (χ0) is 17.6. The fourth-order valence-corrected chi connectivity index (χ4v) is 0.963. The molecule has 0 aliphatic rings. The lowest BCUT2D eigenvalue weighted by Crippen LogP contribution is -1.81. The van der Waals surface area contributed by atoms with Crippen LogP contribution in [-0.2, 0) is 6.42 Å². The third-order valence-corrected chi connectivity index (χ3v) is 1.68. The third kappa shape index (κ3) is 27.8. The normalized spacial score (nSPS) is 6.14. The Morgan fingerprint density at radius 1 is 0.810 bits per heavy atom. The molecule has 0 aromatic heterocycles. The van der Waals surface area contributed by atoms with E-state index in [1.807, 2.05) is 6.92 Å². The molecule has 0 bridgehead atoms. The van der Waals surface area contributed by atoms with E-state index < -0.39 is 0 Å². The Kier molecular flexibility index (Phi) is 74.8. The molecule has 0 aliphatic carbocycles. The molecule has 132 valence electrons. The lowest BCUT2D eigenvalue weighted by molar-refractivity contribution is 0.108. The minimum atomic E-state index is -0.348. The molecule has 13 heteroatoms. The molecule has 0 saturated heterocycles. The van der Waals surface area contributed by atoms with Crippen LogP contribution in [-0.4, -0.2) is 0 Å². The summed E-state index contributed by atoms with van der Waals surface area (Å²) in [6.07, 6.45) is 0.889. The molecule has 1 aromatic carbocycles. The SMILES string of the molecule is CCc1ccc(F)c(Cl)c1.F.FF.FF.FF.FF.FF. The van der Waals surface area contributed by atoms with Gasteiger partial charge in [-0.05, 0) is 24.1 Å². The molecule has 21 heavy (non-hydrogen) atoms. The van der Waals surface area contributed by atoms with Gasteiger partial charge >= 0.3 is 0 Å². The highest BCUT2D eigenvalue weighted by atomic mass is 35.5. The number of hydrogen-bond acceptors (Lipinski definition) is 0. The van der Waals surface area contributed by atoms with Crippen molar-refractivity contribution in [2.75, 3.05) is 0 Å². The third-order valence-electron chi connectivity index (χ3n) is 1.39.